The molecule has 2 heterocycles. The molecule has 4 aromatic rings. The summed E-state index contributed by atoms with van der Waals surface area (Å²) in [4.78, 5) is 17.4. The van der Waals surface area contributed by atoms with Gasteiger partial charge in [0.1, 0.15) is 0 Å². The first-order chi connectivity index (χ1) is 12.3. The van der Waals surface area contributed by atoms with Crippen LogP contribution in [0.3, 0.4) is 0 Å². The molecule has 1 N–H and O–H groups in total. The van der Waals surface area contributed by atoms with Gasteiger partial charge in [0, 0.05) is 0 Å². The van der Waals surface area contributed by atoms with E-state index in [0.29, 0.717) is 15.9 Å². The molecule has 0 aliphatic heterocycles. The van der Waals surface area contributed by atoms with E-state index < -0.39 is 10.4 Å². The first-order valence-electron chi connectivity index (χ1n) is 7.74. The molecular formula is C17H14N4O3S2. The topological polar surface area (TPSA) is 99.4 Å². The van der Waals surface area contributed by atoms with Crippen molar-refractivity contribution in [2.24, 2.45) is 0 Å². The molecule has 7 nitrogen and oxygen atoms in total. The lowest BCUT2D eigenvalue weighted by Crippen LogP contribution is -2.22. The molecule has 0 radical (unpaired) electrons. The third kappa shape index (κ3) is 2.79. The van der Waals surface area contributed by atoms with Crippen LogP contribution in [0.4, 0.5) is 5.13 Å². The molecule has 1 unspecified atom stereocenters. The zero-order valence-corrected chi connectivity index (χ0v) is 15.6. The highest BCUT2D eigenvalue weighted by molar-refractivity contribution is 7.99. The molecule has 0 spiro atoms. The van der Waals surface area contributed by atoms with Crippen LogP contribution in [0.5, 0.6) is 0 Å². The largest absolute Gasteiger partial charge is 0.588 e. The Balaban J connectivity index is 1.78. The number of hydrogen-bond acceptors (Lipinski definition) is 6. The average Bonchev–Trinajstić information content (AvgIpc) is 2.99. The van der Waals surface area contributed by atoms with Crippen molar-refractivity contribution in [3.8, 4) is 0 Å². The van der Waals surface area contributed by atoms with E-state index in [9.17, 15) is 13.6 Å². The number of benzene rings is 2. The second-order valence-electron chi connectivity index (χ2n) is 5.89. The molecule has 9 heteroatoms. The van der Waals surface area contributed by atoms with E-state index in [0.717, 1.165) is 27.0 Å². The Morgan fingerprint density at radius 3 is 2.69 bits per heavy atom. The van der Waals surface area contributed by atoms with Gasteiger partial charge < -0.3 is 4.55 Å². The fourth-order valence-corrected chi connectivity index (χ4v) is 4.66. The standard InChI is InChI=1S/C17H14N4O3S2/c1-10-7-8-12(9-11(10)2)26(23,24)20-16-19-21-15(22)13-5-3-4-6-14(13)18-17(21)25-16/h3-9H,1-2H3,(H-,19,20,23,24). The van der Waals surface area contributed by atoms with Crippen LogP contribution in [0.15, 0.2) is 52.2 Å². The van der Waals surface area contributed by atoms with Gasteiger partial charge in [0.05, 0.1) is 10.9 Å². The van der Waals surface area contributed by atoms with Gasteiger partial charge in [-0.2, -0.15) is 9.24 Å². The minimum absolute atomic E-state index is 0.0862. The Bertz CT molecular complexity index is 1260. The second kappa shape index (κ2) is 5.97. The van der Waals surface area contributed by atoms with Crippen LogP contribution in [-0.2, 0) is 14.6 Å². The molecule has 26 heavy (non-hydrogen) atoms. The lowest BCUT2D eigenvalue weighted by molar-refractivity contribution is 0.483. The van der Waals surface area contributed by atoms with E-state index in [4.69, 9.17) is 0 Å². The summed E-state index contributed by atoms with van der Waals surface area (Å²) in [6.45, 7) is 3.76. The predicted molar refractivity (Wildman–Crippen MR) is 101 cm³/mol. The zero-order valence-electron chi connectivity index (χ0n) is 13.9. The molecule has 0 amide bonds. The summed E-state index contributed by atoms with van der Waals surface area (Å²) in [5.41, 5.74) is 2.09. The second-order valence-corrected chi connectivity index (χ2v) is 8.53. The van der Waals surface area contributed by atoms with Crippen molar-refractivity contribution in [1.29, 1.82) is 0 Å². The van der Waals surface area contributed by atoms with Gasteiger partial charge in [0.2, 0.25) is 10.1 Å². The average molecular weight is 386 g/mol. The monoisotopic (exact) mass is 386 g/mol. The highest BCUT2D eigenvalue weighted by Crippen LogP contribution is 2.25. The van der Waals surface area contributed by atoms with Crippen LogP contribution in [0.25, 0.3) is 15.9 Å². The van der Waals surface area contributed by atoms with Crippen LogP contribution < -0.4 is 10.3 Å². The fraction of sp³-hybridized carbons (Fsp3) is 0.118. The Kier molecular flexibility index (Phi) is 3.87. The highest BCUT2D eigenvalue weighted by Gasteiger charge is 2.23. The number of aryl methyl sites for hydroxylation is 2. The number of nitrogens with zero attached hydrogens (tertiary/aromatic N) is 3. The van der Waals surface area contributed by atoms with Crippen LogP contribution in [-0.4, -0.2) is 19.2 Å². The summed E-state index contributed by atoms with van der Waals surface area (Å²) in [7, 11) is -3.81. The maximum atomic E-state index is 12.6. The maximum Gasteiger partial charge on any atom is 0.283 e. The number of rotatable bonds is 3. The van der Waals surface area contributed by atoms with Crippen LogP contribution in [0, 0.1) is 13.8 Å². The fourth-order valence-electron chi connectivity index (χ4n) is 2.55. The number of para-hydroxylation sites is 1. The van der Waals surface area contributed by atoms with Gasteiger partial charge in [-0.1, -0.05) is 33.7 Å². The first kappa shape index (κ1) is 16.8. The summed E-state index contributed by atoms with van der Waals surface area (Å²) < 4.78 is 28.8. The lowest BCUT2D eigenvalue weighted by Gasteiger charge is -2.14. The van der Waals surface area contributed by atoms with E-state index in [1.807, 2.05) is 13.8 Å². The minimum atomic E-state index is -3.81. The SMILES string of the molecule is Cc1ccc([S+](=O)([O-])Nc2nn3c(=O)c4ccccc4nc3s2)cc1C. The van der Waals surface area contributed by atoms with Crippen molar-refractivity contribution in [3.63, 3.8) is 0 Å². The molecule has 0 saturated heterocycles. The predicted octanol–water partition coefficient (Wildman–Crippen LogP) is 2.94. The van der Waals surface area contributed by atoms with Crippen molar-refractivity contribution >= 4 is 42.7 Å². The van der Waals surface area contributed by atoms with Crippen molar-refractivity contribution in [2.75, 3.05) is 4.72 Å². The summed E-state index contributed by atoms with van der Waals surface area (Å²) in [6.07, 6.45) is 0. The number of fused-ring (bicyclic) bond motifs is 2. The van der Waals surface area contributed by atoms with Crippen LogP contribution in [0.1, 0.15) is 11.1 Å². The third-order valence-corrected chi connectivity index (χ3v) is 6.40. The highest BCUT2D eigenvalue weighted by atomic mass is 32.3. The van der Waals surface area contributed by atoms with Gasteiger partial charge in [0.25, 0.3) is 5.56 Å². The Morgan fingerprint density at radius 2 is 1.92 bits per heavy atom. The van der Waals surface area contributed by atoms with Gasteiger partial charge in [-0.05, 0) is 49.2 Å². The number of aromatic nitrogens is 3. The van der Waals surface area contributed by atoms with Crippen molar-refractivity contribution in [3.05, 3.63) is 63.9 Å². The van der Waals surface area contributed by atoms with Gasteiger partial charge in [-0.15, -0.1) is 5.10 Å². The van der Waals surface area contributed by atoms with Crippen molar-refractivity contribution in [2.45, 2.75) is 18.7 Å². The van der Waals surface area contributed by atoms with E-state index in [2.05, 4.69) is 14.8 Å². The molecule has 4 rings (SSSR count). The van der Waals surface area contributed by atoms with Crippen molar-refractivity contribution < 1.29 is 8.76 Å². The van der Waals surface area contributed by atoms with E-state index in [-0.39, 0.29) is 15.6 Å². The van der Waals surface area contributed by atoms with E-state index >= 15 is 0 Å². The molecule has 2 aromatic carbocycles. The van der Waals surface area contributed by atoms with E-state index in [1.54, 1.807) is 36.4 Å². The number of nitrogens with one attached hydrogen (secondary N) is 1. The number of hydrogen-bond donors (Lipinski definition) is 1. The van der Waals surface area contributed by atoms with Gasteiger partial charge >= 0.3 is 0 Å². The maximum absolute atomic E-state index is 12.6. The lowest BCUT2D eigenvalue weighted by atomic mass is 10.1. The van der Waals surface area contributed by atoms with Crippen molar-refractivity contribution in [1.82, 2.24) is 14.6 Å². The molecule has 0 aliphatic rings. The summed E-state index contributed by atoms with van der Waals surface area (Å²) >= 11 is 1.01. The quantitative estimate of drug-likeness (QED) is 0.546. The molecule has 132 valence electrons. The normalized spacial score (nSPS) is 13.8. The first-order valence-corrected chi connectivity index (χ1v) is 10.0. The Morgan fingerprint density at radius 1 is 1.15 bits per heavy atom. The van der Waals surface area contributed by atoms with Crippen LogP contribution in [0.2, 0.25) is 0 Å². The van der Waals surface area contributed by atoms with Crippen LogP contribution >= 0.6 is 11.3 Å². The van der Waals surface area contributed by atoms with E-state index in [1.165, 1.54) is 6.07 Å². The molecule has 1 atom stereocenters. The summed E-state index contributed by atoms with van der Waals surface area (Å²) in [6, 6.07) is 11.8. The molecule has 0 aliphatic carbocycles. The number of anilines is 1. The van der Waals surface area contributed by atoms with Gasteiger partial charge in [-0.25, -0.2) is 4.98 Å². The zero-order chi connectivity index (χ0) is 18.5. The number of sulfonamides is 1. The molecular weight excluding hydrogens is 372 g/mol. The van der Waals surface area contributed by atoms with Gasteiger partial charge in [0.15, 0.2) is 15.3 Å². The summed E-state index contributed by atoms with van der Waals surface area (Å²) in [5, 5.41) is 4.60. The third-order valence-electron chi connectivity index (χ3n) is 4.11. The minimum Gasteiger partial charge on any atom is -0.588 e. The Hall–Kier alpha value is -2.62. The molecule has 2 aromatic heterocycles. The molecule has 0 bridgehead atoms. The Labute approximate surface area is 153 Å². The molecule has 0 saturated carbocycles. The smallest absolute Gasteiger partial charge is 0.283 e. The molecule has 0 fully saturated rings. The summed E-state index contributed by atoms with van der Waals surface area (Å²) in [5.74, 6) is 0. The van der Waals surface area contributed by atoms with Gasteiger partial charge in [-0.3, -0.25) is 4.79 Å².